The third-order valence-electron chi connectivity index (χ3n) is 4.12. The zero-order chi connectivity index (χ0) is 21.3. The molecule has 0 saturated carbocycles. The highest BCUT2D eigenvalue weighted by Gasteiger charge is 2.25. The Morgan fingerprint density at radius 2 is 1.53 bits per heavy atom. The minimum Gasteiger partial charge on any atom is -0.493 e. The Morgan fingerprint density at radius 3 is 2.20 bits per heavy atom. The molecule has 0 aliphatic rings. The standard InChI is InChI=1S/C23H20FNO5/c1-28-19-9-5-6-10-20(19)29-15-21(26)30-22(16-7-3-2-4-8-16)23(27)25-18-13-11-17(24)12-14-18/h2-14,22H,15H2,1H3,(H,25,27)/t22-/m0/s1. The zero-order valence-corrected chi connectivity index (χ0v) is 16.2. The van der Waals surface area contributed by atoms with Gasteiger partial charge < -0.3 is 19.5 Å². The molecule has 6 nitrogen and oxygen atoms in total. The Balaban J connectivity index is 1.70. The normalized spacial score (nSPS) is 11.3. The molecule has 0 saturated heterocycles. The van der Waals surface area contributed by atoms with Gasteiger partial charge in [-0.1, -0.05) is 42.5 Å². The van der Waals surface area contributed by atoms with Gasteiger partial charge in [0.05, 0.1) is 7.11 Å². The average Bonchev–Trinajstić information content (AvgIpc) is 2.78. The van der Waals surface area contributed by atoms with E-state index in [2.05, 4.69) is 5.32 Å². The molecule has 0 aliphatic heterocycles. The van der Waals surface area contributed by atoms with E-state index >= 15 is 0 Å². The van der Waals surface area contributed by atoms with Gasteiger partial charge in [0.2, 0.25) is 6.10 Å². The highest BCUT2D eigenvalue weighted by molar-refractivity contribution is 5.96. The molecule has 154 valence electrons. The summed E-state index contributed by atoms with van der Waals surface area (Å²) >= 11 is 0. The van der Waals surface area contributed by atoms with E-state index in [1.165, 1.54) is 31.4 Å². The van der Waals surface area contributed by atoms with Crippen molar-refractivity contribution in [1.29, 1.82) is 0 Å². The summed E-state index contributed by atoms with van der Waals surface area (Å²) in [6, 6.07) is 20.7. The molecule has 1 amide bonds. The van der Waals surface area contributed by atoms with Gasteiger partial charge >= 0.3 is 5.97 Å². The number of carbonyl (C=O) groups is 2. The molecule has 0 spiro atoms. The lowest BCUT2D eigenvalue weighted by molar-refractivity contribution is -0.156. The highest BCUT2D eigenvalue weighted by atomic mass is 19.1. The third kappa shape index (κ3) is 5.57. The van der Waals surface area contributed by atoms with E-state index in [9.17, 15) is 14.0 Å². The average molecular weight is 409 g/mol. The SMILES string of the molecule is COc1ccccc1OCC(=O)O[C@H](C(=O)Nc1ccc(F)cc1)c1ccccc1. The molecule has 0 unspecified atom stereocenters. The Labute approximate surface area is 173 Å². The van der Waals surface area contributed by atoms with Gasteiger partial charge in [-0.2, -0.15) is 0 Å². The molecule has 7 heteroatoms. The van der Waals surface area contributed by atoms with Gasteiger partial charge in [0.25, 0.3) is 5.91 Å². The Bertz CT molecular complexity index is 992. The van der Waals surface area contributed by atoms with Gasteiger partial charge in [-0.15, -0.1) is 0 Å². The molecular weight excluding hydrogens is 389 g/mol. The molecule has 1 N–H and O–H groups in total. The number of halogens is 1. The summed E-state index contributed by atoms with van der Waals surface area (Å²) < 4.78 is 29.1. The second kappa shape index (κ2) is 10.1. The molecule has 3 aromatic rings. The molecule has 0 radical (unpaired) electrons. The van der Waals surface area contributed by atoms with Crippen LogP contribution in [-0.4, -0.2) is 25.6 Å². The lowest BCUT2D eigenvalue weighted by atomic mass is 10.1. The van der Waals surface area contributed by atoms with Crippen molar-refractivity contribution in [2.75, 3.05) is 19.0 Å². The van der Waals surface area contributed by atoms with E-state index in [1.54, 1.807) is 54.6 Å². The molecule has 30 heavy (non-hydrogen) atoms. The van der Waals surface area contributed by atoms with Crippen LogP contribution in [-0.2, 0) is 14.3 Å². The number of para-hydroxylation sites is 2. The van der Waals surface area contributed by atoms with Gasteiger partial charge in [-0.3, -0.25) is 4.79 Å². The van der Waals surface area contributed by atoms with Crippen molar-refractivity contribution in [1.82, 2.24) is 0 Å². The third-order valence-corrected chi connectivity index (χ3v) is 4.12. The van der Waals surface area contributed by atoms with Crippen LogP contribution in [0.25, 0.3) is 0 Å². The van der Waals surface area contributed by atoms with E-state index in [4.69, 9.17) is 14.2 Å². The number of hydrogen-bond acceptors (Lipinski definition) is 5. The summed E-state index contributed by atoms with van der Waals surface area (Å²) in [6.07, 6.45) is -1.20. The van der Waals surface area contributed by atoms with Gasteiger partial charge in [0.1, 0.15) is 5.82 Å². The topological polar surface area (TPSA) is 73.9 Å². The zero-order valence-electron chi connectivity index (χ0n) is 16.2. The molecule has 0 fully saturated rings. The number of esters is 1. The minimum atomic E-state index is -1.20. The first-order valence-corrected chi connectivity index (χ1v) is 9.13. The van der Waals surface area contributed by atoms with E-state index in [1.807, 2.05) is 0 Å². The number of ether oxygens (including phenoxy) is 3. The summed E-state index contributed by atoms with van der Waals surface area (Å²) in [5.74, 6) is -0.877. The van der Waals surface area contributed by atoms with E-state index in [0.29, 0.717) is 22.7 Å². The van der Waals surface area contributed by atoms with Crippen LogP contribution in [0.3, 0.4) is 0 Å². The highest BCUT2D eigenvalue weighted by Crippen LogP contribution is 2.26. The van der Waals surface area contributed by atoms with Crippen LogP contribution >= 0.6 is 0 Å². The van der Waals surface area contributed by atoms with E-state index < -0.39 is 30.4 Å². The number of benzene rings is 3. The predicted octanol–water partition coefficient (Wildman–Crippen LogP) is 4.14. The Hall–Kier alpha value is -3.87. The van der Waals surface area contributed by atoms with Crippen molar-refractivity contribution in [2.45, 2.75) is 6.10 Å². The van der Waals surface area contributed by atoms with Crippen molar-refractivity contribution >= 4 is 17.6 Å². The minimum absolute atomic E-state index is 0.378. The summed E-state index contributed by atoms with van der Waals surface area (Å²) in [6.45, 7) is -0.409. The van der Waals surface area contributed by atoms with Crippen LogP contribution < -0.4 is 14.8 Å². The fourth-order valence-corrected chi connectivity index (χ4v) is 2.68. The van der Waals surface area contributed by atoms with Gasteiger partial charge in [0.15, 0.2) is 18.1 Å². The molecule has 0 aromatic heterocycles. The van der Waals surface area contributed by atoms with Gasteiger partial charge in [0, 0.05) is 11.3 Å². The summed E-state index contributed by atoms with van der Waals surface area (Å²) in [4.78, 5) is 25.1. The first kappa shape index (κ1) is 20.9. The number of nitrogens with one attached hydrogen (secondary N) is 1. The number of hydrogen-bond donors (Lipinski definition) is 1. The number of rotatable bonds is 8. The van der Waals surface area contributed by atoms with Crippen LogP contribution in [0, 0.1) is 5.82 Å². The summed E-state index contributed by atoms with van der Waals surface area (Å²) in [5.41, 5.74) is 0.867. The quantitative estimate of drug-likeness (QED) is 0.566. The maximum absolute atomic E-state index is 13.1. The maximum Gasteiger partial charge on any atom is 0.345 e. The largest absolute Gasteiger partial charge is 0.493 e. The molecule has 0 bridgehead atoms. The van der Waals surface area contributed by atoms with Crippen molar-refractivity contribution < 1.29 is 28.2 Å². The monoisotopic (exact) mass is 409 g/mol. The number of methoxy groups -OCH3 is 1. The smallest absolute Gasteiger partial charge is 0.345 e. The van der Waals surface area contributed by atoms with Gasteiger partial charge in [-0.25, -0.2) is 9.18 Å². The lowest BCUT2D eigenvalue weighted by Gasteiger charge is -2.18. The van der Waals surface area contributed by atoms with Crippen LogP contribution in [0.5, 0.6) is 11.5 Å². The maximum atomic E-state index is 13.1. The van der Waals surface area contributed by atoms with Crippen molar-refractivity contribution in [2.24, 2.45) is 0 Å². The van der Waals surface area contributed by atoms with E-state index in [-0.39, 0.29) is 0 Å². The molecule has 0 heterocycles. The molecule has 3 aromatic carbocycles. The second-order valence-electron chi connectivity index (χ2n) is 6.22. The fourth-order valence-electron chi connectivity index (χ4n) is 2.68. The van der Waals surface area contributed by atoms with Crippen molar-refractivity contribution in [3.63, 3.8) is 0 Å². The summed E-state index contributed by atoms with van der Waals surface area (Å²) in [5, 5.41) is 2.62. The molecule has 1 atom stereocenters. The number of anilines is 1. The van der Waals surface area contributed by atoms with Crippen LogP contribution in [0.15, 0.2) is 78.9 Å². The second-order valence-corrected chi connectivity index (χ2v) is 6.22. The Kier molecular flexibility index (Phi) is 7.00. The van der Waals surface area contributed by atoms with Crippen molar-refractivity contribution in [3.8, 4) is 11.5 Å². The Morgan fingerprint density at radius 1 is 0.900 bits per heavy atom. The van der Waals surface area contributed by atoms with Crippen LogP contribution in [0.2, 0.25) is 0 Å². The van der Waals surface area contributed by atoms with E-state index in [0.717, 1.165) is 0 Å². The first-order valence-electron chi connectivity index (χ1n) is 9.13. The lowest BCUT2D eigenvalue weighted by Crippen LogP contribution is -2.28. The van der Waals surface area contributed by atoms with Gasteiger partial charge in [-0.05, 0) is 36.4 Å². The molecule has 3 rings (SSSR count). The fraction of sp³-hybridized carbons (Fsp3) is 0.130. The van der Waals surface area contributed by atoms with Crippen molar-refractivity contribution in [3.05, 3.63) is 90.2 Å². The molecular formula is C23H20FNO5. The summed E-state index contributed by atoms with van der Waals surface area (Å²) in [7, 11) is 1.49. The predicted molar refractivity (Wildman–Crippen MR) is 109 cm³/mol. The van der Waals surface area contributed by atoms with Crippen LogP contribution in [0.4, 0.5) is 10.1 Å². The first-order chi connectivity index (χ1) is 14.6. The molecule has 0 aliphatic carbocycles. The number of amides is 1. The number of carbonyl (C=O) groups excluding carboxylic acids is 2. The van der Waals surface area contributed by atoms with Crippen LogP contribution in [0.1, 0.15) is 11.7 Å².